The molecule has 0 saturated carbocycles. The SMILES string of the molecule is COCCN1C(=O)C(=O)C(=C(O)c2ccc(OC)cc2)[C@H]1c1ccc([N+](=O)[O-])cc1. The van der Waals surface area contributed by atoms with Crippen molar-refractivity contribution >= 4 is 23.1 Å². The zero-order valence-corrected chi connectivity index (χ0v) is 16.4. The van der Waals surface area contributed by atoms with Gasteiger partial charge in [0.2, 0.25) is 0 Å². The van der Waals surface area contributed by atoms with Crippen molar-refractivity contribution in [2.75, 3.05) is 27.4 Å². The second-order valence-corrected chi connectivity index (χ2v) is 6.56. The molecule has 3 rings (SSSR count). The van der Waals surface area contributed by atoms with Crippen LogP contribution < -0.4 is 4.74 Å². The Morgan fingerprint density at radius 1 is 1.10 bits per heavy atom. The molecule has 1 N–H and O–H groups in total. The third-order valence-corrected chi connectivity index (χ3v) is 4.86. The average molecular weight is 412 g/mol. The summed E-state index contributed by atoms with van der Waals surface area (Å²) >= 11 is 0. The Bertz CT molecular complexity index is 997. The van der Waals surface area contributed by atoms with Crippen molar-refractivity contribution in [3.8, 4) is 5.75 Å². The van der Waals surface area contributed by atoms with Crippen LogP contribution in [0, 0.1) is 10.1 Å². The highest BCUT2D eigenvalue weighted by atomic mass is 16.6. The Morgan fingerprint density at radius 3 is 2.27 bits per heavy atom. The highest BCUT2D eigenvalue weighted by molar-refractivity contribution is 6.46. The van der Waals surface area contributed by atoms with Gasteiger partial charge in [-0.05, 0) is 42.0 Å². The number of rotatable bonds is 7. The number of aliphatic hydroxyl groups excluding tert-OH is 1. The Kier molecular flexibility index (Phi) is 6.12. The molecule has 0 bridgehead atoms. The predicted molar refractivity (Wildman–Crippen MR) is 107 cm³/mol. The van der Waals surface area contributed by atoms with E-state index < -0.39 is 22.7 Å². The van der Waals surface area contributed by atoms with Gasteiger partial charge >= 0.3 is 0 Å². The highest BCUT2D eigenvalue weighted by Crippen LogP contribution is 2.39. The van der Waals surface area contributed by atoms with Crippen molar-refractivity contribution < 1.29 is 29.1 Å². The summed E-state index contributed by atoms with van der Waals surface area (Å²) in [6.07, 6.45) is 0. The number of ether oxygens (including phenoxy) is 2. The molecule has 1 saturated heterocycles. The number of nitrogens with zero attached hydrogens (tertiary/aromatic N) is 2. The Balaban J connectivity index is 2.12. The van der Waals surface area contributed by atoms with E-state index in [4.69, 9.17) is 9.47 Å². The molecule has 1 amide bonds. The van der Waals surface area contributed by atoms with Crippen LogP contribution >= 0.6 is 0 Å². The minimum atomic E-state index is -0.900. The minimum Gasteiger partial charge on any atom is -0.507 e. The van der Waals surface area contributed by atoms with E-state index in [2.05, 4.69) is 0 Å². The molecule has 156 valence electrons. The normalized spacial score (nSPS) is 17.9. The molecule has 1 aliphatic rings. The average Bonchev–Trinajstić information content (AvgIpc) is 3.02. The summed E-state index contributed by atoms with van der Waals surface area (Å²) in [5.74, 6) is -1.37. The van der Waals surface area contributed by atoms with Crippen molar-refractivity contribution in [1.29, 1.82) is 0 Å². The monoisotopic (exact) mass is 412 g/mol. The number of carbonyl (C=O) groups excluding carboxylic acids is 2. The third kappa shape index (κ3) is 3.87. The van der Waals surface area contributed by atoms with Gasteiger partial charge in [-0.2, -0.15) is 0 Å². The number of hydrogen-bond donors (Lipinski definition) is 1. The summed E-state index contributed by atoms with van der Waals surface area (Å²) in [6, 6.07) is 11.0. The molecule has 30 heavy (non-hydrogen) atoms. The number of carbonyl (C=O) groups is 2. The molecule has 2 aromatic rings. The molecule has 1 heterocycles. The quantitative estimate of drug-likeness (QED) is 0.244. The molecule has 1 atom stereocenters. The lowest BCUT2D eigenvalue weighted by molar-refractivity contribution is -0.384. The van der Waals surface area contributed by atoms with Gasteiger partial charge in [0.15, 0.2) is 0 Å². The molecule has 1 aliphatic heterocycles. The lowest BCUT2D eigenvalue weighted by atomic mass is 9.95. The van der Waals surface area contributed by atoms with Crippen molar-refractivity contribution in [2.45, 2.75) is 6.04 Å². The molecule has 0 radical (unpaired) electrons. The zero-order valence-electron chi connectivity index (χ0n) is 16.4. The molecule has 0 unspecified atom stereocenters. The summed E-state index contributed by atoms with van der Waals surface area (Å²) in [5, 5.41) is 21.9. The summed E-state index contributed by atoms with van der Waals surface area (Å²) in [6.45, 7) is 0.293. The molecular formula is C21H20N2O7. The highest BCUT2D eigenvalue weighted by Gasteiger charge is 2.45. The van der Waals surface area contributed by atoms with Gasteiger partial charge in [0.25, 0.3) is 17.4 Å². The topological polar surface area (TPSA) is 119 Å². The number of methoxy groups -OCH3 is 2. The van der Waals surface area contributed by atoms with Crippen LogP contribution in [0.1, 0.15) is 17.2 Å². The molecule has 2 aromatic carbocycles. The van der Waals surface area contributed by atoms with Gasteiger partial charge in [-0.1, -0.05) is 0 Å². The molecule has 9 nitrogen and oxygen atoms in total. The maximum Gasteiger partial charge on any atom is 0.295 e. The van der Waals surface area contributed by atoms with Crippen LogP contribution in [0.4, 0.5) is 5.69 Å². The number of ketones is 1. The van der Waals surface area contributed by atoms with E-state index in [1.165, 1.54) is 43.4 Å². The van der Waals surface area contributed by atoms with Crippen LogP contribution in [0.2, 0.25) is 0 Å². The molecule has 0 aliphatic carbocycles. The van der Waals surface area contributed by atoms with Gasteiger partial charge in [-0.15, -0.1) is 0 Å². The van der Waals surface area contributed by atoms with Crippen molar-refractivity contribution in [3.63, 3.8) is 0 Å². The smallest absolute Gasteiger partial charge is 0.295 e. The second kappa shape index (κ2) is 8.75. The van der Waals surface area contributed by atoms with E-state index in [1.807, 2.05) is 0 Å². The Morgan fingerprint density at radius 2 is 1.73 bits per heavy atom. The number of Topliss-reactive ketones (excluding diaryl/α,β-unsaturated/α-hetero) is 1. The van der Waals surface area contributed by atoms with Gasteiger partial charge in [0, 0.05) is 31.4 Å². The van der Waals surface area contributed by atoms with Crippen LogP contribution in [0.5, 0.6) is 5.75 Å². The fourth-order valence-corrected chi connectivity index (χ4v) is 3.33. The second-order valence-electron chi connectivity index (χ2n) is 6.56. The fraction of sp³-hybridized carbons (Fsp3) is 0.238. The van der Waals surface area contributed by atoms with Crippen LogP contribution in [0.15, 0.2) is 54.1 Å². The number of benzene rings is 2. The minimum absolute atomic E-state index is 0.0878. The van der Waals surface area contributed by atoms with Crippen LogP contribution in [-0.2, 0) is 14.3 Å². The molecule has 0 aromatic heterocycles. The van der Waals surface area contributed by atoms with Crippen LogP contribution in [0.25, 0.3) is 5.76 Å². The van der Waals surface area contributed by atoms with E-state index >= 15 is 0 Å². The Labute approximate surface area is 172 Å². The van der Waals surface area contributed by atoms with Crippen LogP contribution in [-0.4, -0.2) is 54.0 Å². The predicted octanol–water partition coefficient (Wildman–Crippen LogP) is 2.67. The lowest BCUT2D eigenvalue weighted by Crippen LogP contribution is -2.32. The Hall–Kier alpha value is -3.72. The number of non-ortho nitro benzene ring substituents is 1. The zero-order chi connectivity index (χ0) is 21.8. The molecule has 0 spiro atoms. The molecule has 9 heteroatoms. The van der Waals surface area contributed by atoms with E-state index in [0.717, 1.165) is 0 Å². The first-order valence-electron chi connectivity index (χ1n) is 9.05. The van der Waals surface area contributed by atoms with Gasteiger partial charge in [0.1, 0.15) is 11.5 Å². The standard InChI is InChI=1S/C21H20N2O7/c1-29-12-11-22-18(13-3-7-15(8-4-13)23(27)28)17(20(25)21(22)26)19(24)14-5-9-16(30-2)10-6-14/h3-10,18,24H,11-12H2,1-2H3/t18-/m1/s1. The van der Waals surface area contributed by atoms with Gasteiger partial charge in [-0.25, -0.2) is 0 Å². The van der Waals surface area contributed by atoms with Crippen molar-refractivity contribution in [3.05, 3.63) is 75.3 Å². The summed E-state index contributed by atoms with van der Waals surface area (Å²) in [4.78, 5) is 37.2. The maximum atomic E-state index is 12.8. The number of nitro groups is 1. The summed E-state index contributed by atoms with van der Waals surface area (Å²) in [7, 11) is 2.97. The van der Waals surface area contributed by atoms with Crippen molar-refractivity contribution in [2.24, 2.45) is 0 Å². The van der Waals surface area contributed by atoms with E-state index in [9.17, 15) is 24.8 Å². The first kappa shape index (κ1) is 21.0. The number of nitro benzene ring substituents is 1. The van der Waals surface area contributed by atoms with E-state index in [-0.39, 0.29) is 30.2 Å². The van der Waals surface area contributed by atoms with Crippen LogP contribution in [0.3, 0.4) is 0 Å². The molecule has 1 fully saturated rings. The number of amides is 1. The summed E-state index contributed by atoms with van der Waals surface area (Å²) in [5.41, 5.74) is 0.594. The first-order chi connectivity index (χ1) is 14.4. The van der Waals surface area contributed by atoms with E-state index in [0.29, 0.717) is 16.9 Å². The maximum absolute atomic E-state index is 12.8. The fourth-order valence-electron chi connectivity index (χ4n) is 3.33. The largest absolute Gasteiger partial charge is 0.507 e. The lowest BCUT2D eigenvalue weighted by Gasteiger charge is -2.25. The van der Waals surface area contributed by atoms with Gasteiger partial charge in [-0.3, -0.25) is 19.7 Å². The third-order valence-electron chi connectivity index (χ3n) is 4.86. The number of hydrogen-bond acceptors (Lipinski definition) is 7. The number of likely N-dealkylation sites (tertiary alicyclic amines) is 1. The number of aliphatic hydroxyl groups is 1. The van der Waals surface area contributed by atoms with Gasteiger partial charge < -0.3 is 19.5 Å². The summed E-state index contributed by atoms with van der Waals surface area (Å²) < 4.78 is 10.1. The van der Waals surface area contributed by atoms with Crippen molar-refractivity contribution in [1.82, 2.24) is 4.90 Å². The van der Waals surface area contributed by atoms with Gasteiger partial charge in [0.05, 0.1) is 30.3 Å². The first-order valence-corrected chi connectivity index (χ1v) is 9.05. The molecular weight excluding hydrogens is 392 g/mol. The van der Waals surface area contributed by atoms with E-state index in [1.54, 1.807) is 24.3 Å².